The molecule has 0 aromatic carbocycles. The van der Waals surface area contributed by atoms with E-state index in [9.17, 15) is 4.79 Å². The van der Waals surface area contributed by atoms with Crippen molar-refractivity contribution in [2.24, 2.45) is 11.8 Å². The maximum Gasteiger partial charge on any atom is 0.257 e. The summed E-state index contributed by atoms with van der Waals surface area (Å²) in [5, 5.41) is 3.42. The molecule has 1 aromatic heterocycles. The number of carbonyl (C=O) groups is 1. The Bertz CT molecular complexity index is 520. The zero-order valence-electron chi connectivity index (χ0n) is 12.1. The number of aryl methyl sites for hydroxylation is 2. The lowest BCUT2D eigenvalue weighted by Gasteiger charge is -2.24. The van der Waals surface area contributed by atoms with Gasteiger partial charge in [0.05, 0.1) is 5.56 Å². The van der Waals surface area contributed by atoms with Crippen LogP contribution in [0.4, 0.5) is 0 Å². The average molecular weight is 262 g/mol. The summed E-state index contributed by atoms with van der Waals surface area (Å²) in [5.74, 6) is 2.98. The van der Waals surface area contributed by atoms with Crippen molar-refractivity contribution in [1.29, 1.82) is 0 Å². The largest absolute Gasteiger partial charge is 0.466 e. The van der Waals surface area contributed by atoms with Crippen LogP contribution in [0.15, 0.2) is 4.42 Å². The molecular formula is C15H22N2O2. The summed E-state index contributed by atoms with van der Waals surface area (Å²) >= 11 is 0. The van der Waals surface area contributed by atoms with Crippen LogP contribution in [0.25, 0.3) is 0 Å². The standard InChI is InChI=1S/C15H22N2O2/c1-8-10(3)19-11(4)14(8)15(18)17-7-12-5-16-6-13(12)9(17)2/h9,12-13,16H,5-7H2,1-4H3. The maximum absolute atomic E-state index is 12.8. The first-order valence-electron chi connectivity index (χ1n) is 7.09. The predicted molar refractivity (Wildman–Crippen MR) is 73.3 cm³/mol. The van der Waals surface area contributed by atoms with E-state index in [1.807, 2.05) is 25.7 Å². The smallest absolute Gasteiger partial charge is 0.257 e. The molecule has 1 aromatic rings. The van der Waals surface area contributed by atoms with Crippen LogP contribution in [0.1, 0.15) is 34.4 Å². The Morgan fingerprint density at radius 2 is 2.00 bits per heavy atom. The molecule has 4 heteroatoms. The van der Waals surface area contributed by atoms with E-state index in [1.54, 1.807) is 0 Å². The van der Waals surface area contributed by atoms with Gasteiger partial charge in [0.1, 0.15) is 11.5 Å². The molecule has 3 atom stereocenters. The van der Waals surface area contributed by atoms with Crippen LogP contribution in [0.5, 0.6) is 0 Å². The van der Waals surface area contributed by atoms with Crippen molar-refractivity contribution in [3.63, 3.8) is 0 Å². The molecule has 3 unspecified atom stereocenters. The summed E-state index contributed by atoms with van der Waals surface area (Å²) in [4.78, 5) is 14.8. The monoisotopic (exact) mass is 262 g/mol. The number of carbonyl (C=O) groups excluding carboxylic acids is 1. The van der Waals surface area contributed by atoms with Gasteiger partial charge >= 0.3 is 0 Å². The number of furan rings is 1. The summed E-state index contributed by atoms with van der Waals surface area (Å²) in [6, 6.07) is 0.321. The van der Waals surface area contributed by atoms with Gasteiger partial charge in [-0.3, -0.25) is 4.79 Å². The van der Waals surface area contributed by atoms with Gasteiger partial charge in [-0.1, -0.05) is 0 Å². The molecule has 2 aliphatic rings. The number of hydrogen-bond donors (Lipinski definition) is 1. The molecule has 1 amide bonds. The summed E-state index contributed by atoms with van der Waals surface area (Å²) in [7, 11) is 0. The highest BCUT2D eigenvalue weighted by molar-refractivity contribution is 5.97. The van der Waals surface area contributed by atoms with Gasteiger partial charge in [0.2, 0.25) is 0 Å². The summed E-state index contributed by atoms with van der Waals surface area (Å²) < 4.78 is 5.60. The van der Waals surface area contributed by atoms with Crippen LogP contribution >= 0.6 is 0 Å². The third-order valence-electron chi connectivity index (χ3n) is 4.97. The first-order chi connectivity index (χ1) is 9.00. The molecule has 3 rings (SSSR count). The van der Waals surface area contributed by atoms with Crippen molar-refractivity contribution >= 4 is 5.91 Å². The lowest BCUT2D eigenvalue weighted by Crippen LogP contribution is -2.38. The minimum absolute atomic E-state index is 0.147. The lowest BCUT2D eigenvalue weighted by molar-refractivity contribution is 0.0726. The highest BCUT2D eigenvalue weighted by atomic mass is 16.3. The quantitative estimate of drug-likeness (QED) is 0.840. The summed E-state index contributed by atoms with van der Waals surface area (Å²) in [5.41, 5.74) is 1.77. The van der Waals surface area contributed by atoms with Crippen LogP contribution in [-0.4, -0.2) is 36.5 Å². The van der Waals surface area contributed by atoms with Gasteiger partial charge in [-0.05, 0) is 39.5 Å². The fourth-order valence-electron chi connectivity index (χ4n) is 3.69. The number of amides is 1. The zero-order valence-corrected chi connectivity index (χ0v) is 12.1. The van der Waals surface area contributed by atoms with E-state index in [-0.39, 0.29) is 5.91 Å². The van der Waals surface area contributed by atoms with Gasteiger partial charge in [0.25, 0.3) is 5.91 Å². The van der Waals surface area contributed by atoms with Crippen LogP contribution in [-0.2, 0) is 0 Å². The Labute approximate surface area is 114 Å². The third kappa shape index (κ3) is 1.81. The summed E-state index contributed by atoms with van der Waals surface area (Å²) in [6.07, 6.45) is 0. The van der Waals surface area contributed by atoms with Crippen molar-refractivity contribution in [2.75, 3.05) is 19.6 Å². The fourth-order valence-corrected chi connectivity index (χ4v) is 3.69. The highest BCUT2D eigenvalue weighted by Crippen LogP contribution is 2.34. The van der Waals surface area contributed by atoms with E-state index in [0.29, 0.717) is 17.9 Å². The van der Waals surface area contributed by atoms with E-state index in [4.69, 9.17) is 4.42 Å². The molecule has 3 heterocycles. The van der Waals surface area contributed by atoms with Crippen LogP contribution < -0.4 is 5.32 Å². The summed E-state index contributed by atoms with van der Waals surface area (Å²) in [6.45, 7) is 10.9. The first-order valence-corrected chi connectivity index (χ1v) is 7.09. The number of hydrogen-bond acceptors (Lipinski definition) is 3. The van der Waals surface area contributed by atoms with Gasteiger partial charge in [-0.2, -0.15) is 0 Å². The number of rotatable bonds is 1. The van der Waals surface area contributed by atoms with E-state index < -0.39 is 0 Å². The second-order valence-electron chi connectivity index (χ2n) is 5.99. The van der Waals surface area contributed by atoms with Crippen LogP contribution in [0.3, 0.4) is 0 Å². The Morgan fingerprint density at radius 1 is 1.26 bits per heavy atom. The van der Waals surface area contributed by atoms with Crippen molar-refractivity contribution in [1.82, 2.24) is 10.2 Å². The van der Waals surface area contributed by atoms with Crippen molar-refractivity contribution in [3.8, 4) is 0 Å². The minimum atomic E-state index is 0.147. The van der Waals surface area contributed by atoms with E-state index >= 15 is 0 Å². The third-order valence-corrected chi connectivity index (χ3v) is 4.97. The molecule has 104 valence electrons. The normalized spacial score (nSPS) is 29.9. The molecule has 4 nitrogen and oxygen atoms in total. The molecular weight excluding hydrogens is 240 g/mol. The average Bonchev–Trinajstić information content (AvgIpc) is 2.98. The molecule has 0 saturated carbocycles. The van der Waals surface area contributed by atoms with Gasteiger partial charge in [-0.15, -0.1) is 0 Å². The molecule has 1 N–H and O–H groups in total. The van der Waals surface area contributed by atoms with Gasteiger partial charge in [0.15, 0.2) is 0 Å². The topological polar surface area (TPSA) is 45.5 Å². The SMILES string of the molecule is Cc1oc(C)c(C(=O)N2CC3CNCC3C2C)c1C. The molecule has 0 bridgehead atoms. The molecule has 2 fully saturated rings. The van der Waals surface area contributed by atoms with Gasteiger partial charge < -0.3 is 14.6 Å². The van der Waals surface area contributed by atoms with E-state index in [1.165, 1.54) is 0 Å². The second kappa shape index (κ2) is 4.37. The van der Waals surface area contributed by atoms with Crippen LogP contribution in [0, 0.1) is 32.6 Å². The molecule has 0 spiro atoms. The number of fused-ring (bicyclic) bond motifs is 1. The Balaban J connectivity index is 1.89. The Kier molecular flexibility index (Phi) is 2.93. The first kappa shape index (κ1) is 12.7. The molecule has 19 heavy (non-hydrogen) atoms. The molecule has 0 aliphatic carbocycles. The van der Waals surface area contributed by atoms with E-state index in [0.717, 1.165) is 42.3 Å². The Hall–Kier alpha value is -1.29. The van der Waals surface area contributed by atoms with Crippen molar-refractivity contribution in [2.45, 2.75) is 33.7 Å². The van der Waals surface area contributed by atoms with Crippen molar-refractivity contribution < 1.29 is 9.21 Å². The molecule has 2 aliphatic heterocycles. The van der Waals surface area contributed by atoms with Gasteiger partial charge in [-0.25, -0.2) is 0 Å². The minimum Gasteiger partial charge on any atom is -0.466 e. The Morgan fingerprint density at radius 3 is 2.58 bits per heavy atom. The zero-order chi connectivity index (χ0) is 13.7. The number of nitrogens with zero attached hydrogens (tertiary/aromatic N) is 1. The number of nitrogens with one attached hydrogen (secondary N) is 1. The fraction of sp³-hybridized carbons (Fsp3) is 0.667. The number of likely N-dealkylation sites (tertiary alicyclic amines) is 1. The maximum atomic E-state index is 12.8. The van der Waals surface area contributed by atoms with Crippen LogP contribution in [0.2, 0.25) is 0 Å². The van der Waals surface area contributed by atoms with Crippen molar-refractivity contribution in [3.05, 3.63) is 22.6 Å². The lowest BCUT2D eigenvalue weighted by atomic mass is 9.95. The highest BCUT2D eigenvalue weighted by Gasteiger charge is 2.44. The molecule has 0 radical (unpaired) electrons. The predicted octanol–water partition coefficient (Wildman–Crippen LogP) is 1.88. The van der Waals surface area contributed by atoms with Gasteiger partial charge in [0, 0.05) is 31.2 Å². The van der Waals surface area contributed by atoms with E-state index in [2.05, 4.69) is 12.2 Å². The molecule has 2 saturated heterocycles. The second-order valence-corrected chi connectivity index (χ2v) is 5.99.